The summed E-state index contributed by atoms with van der Waals surface area (Å²) < 4.78 is 0. The second-order valence-electron chi connectivity index (χ2n) is 3.14. The van der Waals surface area contributed by atoms with E-state index in [1.54, 1.807) is 12.1 Å². The molecule has 0 heterocycles. The second kappa shape index (κ2) is 5.60. The second-order valence-corrected chi connectivity index (χ2v) is 5.12. The van der Waals surface area contributed by atoms with Crippen molar-refractivity contribution in [3.05, 3.63) is 32.8 Å². The van der Waals surface area contributed by atoms with Crippen LogP contribution in [0.15, 0.2) is 12.1 Å². The number of rotatable bonds is 3. The molecule has 0 nitrogen and oxygen atoms in total. The molecule has 0 spiro atoms. The standard InChI is InChI=1S/C10H10BrCl3/c1-6(4-5-11)9-7(12)2-3-8(13)10(9)14/h2-3,6H,4-5H2,1H3. The average Bonchev–Trinajstić information content (AvgIpc) is 2.13. The van der Waals surface area contributed by atoms with E-state index in [4.69, 9.17) is 34.8 Å². The van der Waals surface area contributed by atoms with E-state index in [0.717, 1.165) is 17.3 Å². The van der Waals surface area contributed by atoms with Gasteiger partial charge in [0.05, 0.1) is 10.0 Å². The molecule has 1 aromatic carbocycles. The molecular formula is C10H10BrCl3. The molecule has 0 aliphatic heterocycles. The van der Waals surface area contributed by atoms with E-state index in [1.165, 1.54) is 0 Å². The predicted octanol–water partition coefficient (Wildman–Crippen LogP) is 5.54. The van der Waals surface area contributed by atoms with Crippen molar-refractivity contribution < 1.29 is 0 Å². The van der Waals surface area contributed by atoms with Crippen molar-refractivity contribution in [2.45, 2.75) is 19.3 Å². The molecule has 1 unspecified atom stereocenters. The molecular weight excluding hydrogens is 306 g/mol. The van der Waals surface area contributed by atoms with Crippen LogP contribution in [0.5, 0.6) is 0 Å². The Balaban J connectivity index is 3.11. The Bertz CT molecular complexity index is 325. The Morgan fingerprint density at radius 3 is 2.36 bits per heavy atom. The summed E-state index contributed by atoms with van der Waals surface area (Å²) >= 11 is 21.5. The normalized spacial score (nSPS) is 12.9. The van der Waals surface area contributed by atoms with Gasteiger partial charge in [0.25, 0.3) is 0 Å². The van der Waals surface area contributed by atoms with Gasteiger partial charge in [-0.25, -0.2) is 0 Å². The highest BCUT2D eigenvalue weighted by Crippen LogP contribution is 2.37. The van der Waals surface area contributed by atoms with Crippen LogP contribution in [-0.4, -0.2) is 5.33 Å². The summed E-state index contributed by atoms with van der Waals surface area (Å²) in [6.45, 7) is 2.09. The van der Waals surface area contributed by atoms with E-state index in [1.807, 2.05) is 0 Å². The van der Waals surface area contributed by atoms with Gasteiger partial charge < -0.3 is 0 Å². The molecule has 0 saturated carbocycles. The maximum atomic E-state index is 6.10. The molecule has 0 fully saturated rings. The van der Waals surface area contributed by atoms with E-state index in [-0.39, 0.29) is 0 Å². The fourth-order valence-electron chi connectivity index (χ4n) is 1.30. The first-order valence-corrected chi connectivity index (χ1v) is 6.52. The van der Waals surface area contributed by atoms with Gasteiger partial charge in [-0.3, -0.25) is 0 Å². The zero-order valence-electron chi connectivity index (χ0n) is 7.66. The highest BCUT2D eigenvalue weighted by Gasteiger charge is 2.15. The maximum Gasteiger partial charge on any atom is 0.0641 e. The van der Waals surface area contributed by atoms with Gasteiger partial charge in [-0.2, -0.15) is 0 Å². The molecule has 0 amide bonds. The summed E-state index contributed by atoms with van der Waals surface area (Å²) in [5.41, 5.74) is 0.945. The summed E-state index contributed by atoms with van der Waals surface area (Å²) in [6, 6.07) is 3.51. The number of halogens is 4. The Kier molecular flexibility index (Phi) is 5.05. The molecule has 0 aliphatic rings. The number of alkyl halides is 1. The summed E-state index contributed by atoms with van der Waals surface area (Å²) in [6.07, 6.45) is 0.986. The third-order valence-corrected chi connectivity index (χ3v) is 3.72. The minimum absolute atomic E-state index is 0.313. The summed E-state index contributed by atoms with van der Waals surface area (Å²) in [4.78, 5) is 0. The fourth-order valence-corrected chi connectivity index (χ4v) is 2.90. The Morgan fingerprint density at radius 2 is 1.79 bits per heavy atom. The Morgan fingerprint density at radius 1 is 1.21 bits per heavy atom. The quantitative estimate of drug-likeness (QED) is 0.507. The van der Waals surface area contributed by atoms with Crippen molar-refractivity contribution in [1.29, 1.82) is 0 Å². The molecule has 78 valence electrons. The van der Waals surface area contributed by atoms with Gasteiger partial charge in [0.15, 0.2) is 0 Å². The van der Waals surface area contributed by atoms with Gasteiger partial charge in [-0.15, -0.1) is 0 Å². The van der Waals surface area contributed by atoms with E-state index < -0.39 is 0 Å². The minimum atomic E-state index is 0.313. The van der Waals surface area contributed by atoms with E-state index in [0.29, 0.717) is 21.0 Å². The number of hydrogen-bond acceptors (Lipinski definition) is 0. The largest absolute Gasteiger partial charge is 0.0928 e. The van der Waals surface area contributed by atoms with Crippen molar-refractivity contribution in [3.63, 3.8) is 0 Å². The van der Waals surface area contributed by atoms with Crippen molar-refractivity contribution in [2.24, 2.45) is 0 Å². The topological polar surface area (TPSA) is 0 Å². The monoisotopic (exact) mass is 314 g/mol. The SMILES string of the molecule is CC(CCBr)c1c(Cl)ccc(Cl)c1Cl. The van der Waals surface area contributed by atoms with E-state index in [2.05, 4.69) is 22.9 Å². The predicted molar refractivity (Wildman–Crippen MR) is 68.3 cm³/mol. The number of hydrogen-bond donors (Lipinski definition) is 0. The summed E-state index contributed by atoms with van der Waals surface area (Å²) in [7, 11) is 0. The highest BCUT2D eigenvalue weighted by molar-refractivity contribution is 9.09. The van der Waals surface area contributed by atoms with Crippen LogP contribution < -0.4 is 0 Å². The van der Waals surface area contributed by atoms with Crippen molar-refractivity contribution in [3.8, 4) is 0 Å². The van der Waals surface area contributed by atoms with Crippen LogP contribution in [0.25, 0.3) is 0 Å². The molecule has 14 heavy (non-hydrogen) atoms. The van der Waals surface area contributed by atoms with Crippen LogP contribution in [0.3, 0.4) is 0 Å². The maximum absolute atomic E-state index is 6.10. The van der Waals surface area contributed by atoms with E-state index in [9.17, 15) is 0 Å². The zero-order chi connectivity index (χ0) is 10.7. The third kappa shape index (κ3) is 2.79. The average molecular weight is 316 g/mol. The lowest BCUT2D eigenvalue weighted by Crippen LogP contribution is -1.97. The molecule has 1 aromatic rings. The molecule has 0 bridgehead atoms. The lowest BCUT2D eigenvalue weighted by Gasteiger charge is -2.14. The highest BCUT2D eigenvalue weighted by atomic mass is 79.9. The van der Waals surface area contributed by atoms with Gasteiger partial charge in [0, 0.05) is 10.4 Å². The molecule has 0 aromatic heterocycles. The van der Waals surface area contributed by atoms with Crippen LogP contribution in [0.1, 0.15) is 24.8 Å². The Labute approximate surface area is 108 Å². The van der Waals surface area contributed by atoms with Crippen LogP contribution in [0.2, 0.25) is 15.1 Å². The Hall–Kier alpha value is 0.570. The van der Waals surface area contributed by atoms with E-state index >= 15 is 0 Å². The first-order valence-electron chi connectivity index (χ1n) is 4.27. The molecule has 0 N–H and O–H groups in total. The fraction of sp³-hybridized carbons (Fsp3) is 0.400. The van der Waals surface area contributed by atoms with Crippen LogP contribution in [-0.2, 0) is 0 Å². The zero-order valence-corrected chi connectivity index (χ0v) is 11.5. The number of benzene rings is 1. The summed E-state index contributed by atoms with van der Waals surface area (Å²) in [5.74, 6) is 0.313. The molecule has 0 radical (unpaired) electrons. The van der Waals surface area contributed by atoms with Crippen molar-refractivity contribution >= 4 is 50.7 Å². The van der Waals surface area contributed by atoms with Crippen LogP contribution in [0, 0.1) is 0 Å². The third-order valence-electron chi connectivity index (χ3n) is 2.11. The van der Waals surface area contributed by atoms with Gasteiger partial charge in [-0.05, 0) is 30.0 Å². The summed E-state index contributed by atoms with van der Waals surface area (Å²) in [5, 5.41) is 2.75. The molecule has 0 aliphatic carbocycles. The molecule has 1 atom stereocenters. The first-order chi connectivity index (χ1) is 6.57. The van der Waals surface area contributed by atoms with Crippen LogP contribution in [0.4, 0.5) is 0 Å². The lowest BCUT2D eigenvalue weighted by molar-refractivity contribution is 0.744. The van der Waals surface area contributed by atoms with Crippen LogP contribution >= 0.6 is 50.7 Å². The smallest absolute Gasteiger partial charge is 0.0641 e. The van der Waals surface area contributed by atoms with Crippen molar-refractivity contribution in [2.75, 3.05) is 5.33 Å². The molecule has 4 heteroatoms. The first kappa shape index (κ1) is 12.6. The minimum Gasteiger partial charge on any atom is -0.0928 e. The van der Waals surface area contributed by atoms with Gasteiger partial charge in [0.1, 0.15) is 0 Å². The molecule has 0 saturated heterocycles. The van der Waals surface area contributed by atoms with Gasteiger partial charge >= 0.3 is 0 Å². The van der Waals surface area contributed by atoms with Gasteiger partial charge in [0.2, 0.25) is 0 Å². The lowest BCUT2D eigenvalue weighted by atomic mass is 9.98. The molecule has 1 rings (SSSR count). The van der Waals surface area contributed by atoms with Gasteiger partial charge in [-0.1, -0.05) is 57.7 Å². The van der Waals surface area contributed by atoms with Crippen molar-refractivity contribution in [1.82, 2.24) is 0 Å².